The number of aromatic nitrogens is 1. The van der Waals surface area contributed by atoms with E-state index in [0.29, 0.717) is 6.54 Å². The lowest BCUT2D eigenvalue weighted by Gasteiger charge is -2.22. The molecule has 1 aliphatic rings. The first-order valence-electron chi connectivity index (χ1n) is 12.7. The predicted octanol–water partition coefficient (Wildman–Crippen LogP) is 4.35. The average Bonchev–Trinajstić information content (AvgIpc) is 3.54. The van der Waals surface area contributed by atoms with Gasteiger partial charge in [-0.1, -0.05) is 84.0 Å². The van der Waals surface area contributed by atoms with E-state index in [4.69, 9.17) is 9.26 Å². The standard InChI is InChI=1S/C30H28N4O6/c1-34(16-19-9-3-2-4-10-19)17-26(29(36)37)31-28(35)25-15-27(40-33-25)32-30(38)39-18-24-22-13-7-5-11-20(22)21-12-6-8-14-23(21)24/h2-15,24,26H,16-18H2,1H3,(H,31,35)(H,32,38)(H,36,37). The van der Waals surface area contributed by atoms with Crippen LogP contribution in [-0.2, 0) is 16.1 Å². The predicted molar refractivity (Wildman–Crippen MR) is 147 cm³/mol. The molecule has 1 aromatic heterocycles. The van der Waals surface area contributed by atoms with Gasteiger partial charge in [-0.05, 0) is 34.9 Å². The third kappa shape index (κ3) is 6.02. The van der Waals surface area contributed by atoms with E-state index < -0.39 is 24.0 Å². The van der Waals surface area contributed by atoms with Gasteiger partial charge in [-0.25, -0.2) is 9.59 Å². The molecule has 0 saturated carbocycles. The van der Waals surface area contributed by atoms with Crippen molar-refractivity contribution in [1.82, 2.24) is 15.4 Å². The van der Waals surface area contributed by atoms with Crippen molar-refractivity contribution in [2.24, 2.45) is 0 Å². The lowest BCUT2D eigenvalue weighted by atomic mass is 9.98. The van der Waals surface area contributed by atoms with Crippen LogP contribution in [0.1, 0.15) is 33.1 Å². The second-order valence-electron chi connectivity index (χ2n) is 9.57. The first-order chi connectivity index (χ1) is 19.4. The molecule has 10 nitrogen and oxygen atoms in total. The van der Waals surface area contributed by atoms with E-state index in [2.05, 4.69) is 15.8 Å². The number of carboxylic acid groups (broad SMARTS) is 1. The number of carbonyl (C=O) groups is 3. The van der Waals surface area contributed by atoms with Gasteiger partial charge in [0.1, 0.15) is 12.6 Å². The molecule has 0 fully saturated rings. The molecule has 3 N–H and O–H groups in total. The summed E-state index contributed by atoms with van der Waals surface area (Å²) >= 11 is 0. The van der Waals surface area contributed by atoms with Crippen molar-refractivity contribution in [3.05, 3.63) is 107 Å². The minimum atomic E-state index is -1.19. The number of carbonyl (C=O) groups excluding carboxylic acids is 2. The topological polar surface area (TPSA) is 134 Å². The van der Waals surface area contributed by atoms with Gasteiger partial charge in [0.2, 0.25) is 5.88 Å². The van der Waals surface area contributed by atoms with Crippen LogP contribution >= 0.6 is 0 Å². The van der Waals surface area contributed by atoms with Gasteiger partial charge in [0.05, 0.1) is 0 Å². The van der Waals surface area contributed by atoms with E-state index >= 15 is 0 Å². The maximum absolute atomic E-state index is 12.7. The van der Waals surface area contributed by atoms with Crippen LogP contribution in [0.4, 0.5) is 10.7 Å². The summed E-state index contributed by atoms with van der Waals surface area (Å²) < 4.78 is 10.5. The summed E-state index contributed by atoms with van der Waals surface area (Å²) in [6, 6.07) is 25.6. The Kier molecular flexibility index (Phi) is 7.88. The highest BCUT2D eigenvalue weighted by Crippen LogP contribution is 2.44. The minimum Gasteiger partial charge on any atom is -0.480 e. The fourth-order valence-electron chi connectivity index (χ4n) is 4.87. The molecule has 0 saturated heterocycles. The Hall–Kier alpha value is -4.96. The maximum atomic E-state index is 12.7. The number of ether oxygens (including phenoxy) is 1. The molecule has 5 rings (SSSR count). The number of nitrogens with one attached hydrogen (secondary N) is 2. The zero-order chi connectivity index (χ0) is 28.1. The maximum Gasteiger partial charge on any atom is 0.414 e. The van der Waals surface area contributed by atoms with Crippen molar-refractivity contribution in [2.45, 2.75) is 18.5 Å². The lowest BCUT2D eigenvalue weighted by Crippen LogP contribution is -2.47. The van der Waals surface area contributed by atoms with Gasteiger partial charge < -0.3 is 19.7 Å². The Labute approximate surface area is 230 Å². The van der Waals surface area contributed by atoms with E-state index in [-0.39, 0.29) is 30.6 Å². The summed E-state index contributed by atoms with van der Waals surface area (Å²) in [5.41, 5.74) is 5.23. The third-order valence-corrected chi connectivity index (χ3v) is 6.70. The Bertz CT molecular complexity index is 1470. The van der Waals surface area contributed by atoms with E-state index in [1.54, 1.807) is 11.9 Å². The van der Waals surface area contributed by atoms with Gasteiger partial charge in [-0.15, -0.1) is 0 Å². The van der Waals surface area contributed by atoms with E-state index in [0.717, 1.165) is 27.8 Å². The number of amides is 2. The summed E-state index contributed by atoms with van der Waals surface area (Å²) in [6.45, 7) is 0.690. The van der Waals surface area contributed by atoms with Gasteiger partial charge in [0.15, 0.2) is 5.69 Å². The number of benzene rings is 3. The number of anilines is 1. The number of likely N-dealkylation sites (N-methyl/N-ethyl adjacent to an activating group) is 1. The van der Waals surface area contributed by atoms with E-state index in [1.807, 2.05) is 78.9 Å². The zero-order valence-corrected chi connectivity index (χ0v) is 21.7. The lowest BCUT2D eigenvalue weighted by molar-refractivity contribution is -0.139. The molecule has 1 unspecified atom stereocenters. The van der Waals surface area contributed by atoms with Gasteiger partial charge >= 0.3 is 12.1 Å². The van der Waals surface area contributed by atoms with Crippen LogP contribution < -0.4 is 10.6 Å². The molecule has 40 heavy (non-hydrogen) atoms. The number of carboxylic acids is 1. The number of hydrogen-bond acceptors (Lipinski definition) is 7. The molecule has 1 aliphatic carbocycles. The molecule has 0 spiro atoms. The van der Waals surface area contributed by atoms with Crippen LogP contribution in [0.2, 0.25) is 0 Å². The fourth-order valence-corrected chi connectivity index (χ4v) is 4.87. The highest BCUT2D eigenvalue weighted by molar-refractivity contribution is 5.96. The van der Waals surface area contributed by atoms with Crippen LogP contribution in [0.5, 0.6) is 0 Å². The smallest absolute Gasteiger partial charge is 0.414 e. The molecule has 4 aromatic rings. The Morgan fingerprint density at radius 2 is 1.60 bits per heavy atom. The fraction of sp³-hybridized carbons (Fsp3) is 0.200. The van der Waals surface area contributed by atoms with E-state index in [9.17, 15) is 19.5 Å². The van der Waals surface area contributed by atoms with Crippen molar-refractivity contribution in [3.8, 4) is 11.1 Å². The molecule has 10 heteroatoms. The summed E-state index contributed by atoms with van der Waals surface area (Å²) in [5, 5.41) is 18.2. The number of aliphatic carboxylic acids is 1. The molecular weight excluding hydrogens is 512 g/mol. The number of nitrogens with zero attached hydrogens (tertiary/aromatic N) is 2. The van der Waals surface area contributed by atoms with Crippen molar-refractivity contribution in [1.29, 1.82) is 0 Å². The second kappa shape index (κ2) is 11.8. The van der Waals surface area contributed by atoms with Crippen molar-refractivity contribution in [3.63, 3.8) is 0 Å². The van der Waals surface area contributed by atoms with Crippen LogP contribution in [0.3, 0.4) is 0 Å². The number of fused-ring (bicyclic) bond motifs is 3. The van der Waals surface area contributed by atoms with Gasteiger partial charge in [-0.2, -0.15) is 0 Å². The monoisotopic (exact) mass is 540 g/mol. The Balaban J connectivity index is 1.15. The Morgan fingerprint density at radius 3 is 2.25 bits per heavy atom. The molecule has 3 aromatic carbocycles. The SMILES string of the molecule is CN(Cc1ccccc1)CC(NC(=O)c1cc(NC(=O)OCC2c3ccccc3-c3ccccc32)on1)C(=O)O. The van der Waals surface area contributed by atoms with Crippen molar-refractivity contribution in [2.75, 3.05) is 25.5 Å². The minimum absolute atomic E-state index is 0.0681. The summed E-state index contributed by atoms with van der Waals surface area (Å²) in [7, 11) is 1.77. The van der Waals surface area contributed by atoms with Crippen LogP contribution in [-0.4, -0.2) is 59.4 Å². The average molecular weight is 541 g/mol. The number of rotatable bonds is 10. The summed E-state index contributed by atoms with van der Waals surface area (Å²) in [6.07, 6.45) is -0.768. The summed E-state index contributed by atoms with van der Waals surface area (Å²) in [5.74, 6) is -2.14. The molecule has 204 valence electrons. The first kappa shape index (κ1) is 26.6. The van der Waals surface area contributed by atoms with Crippen LogP contribution in [0.25, 0.3) is 11.1 Å². The Morgan fingerprint density at radius 1 is 0.975 bits per heavy atom. The molecule has 2 amide bonds. The molecular formula is C30H28N4O6. The number of hydrogen-bond donors (Lipinski definition) is 3. The molecule has 0 bridgehead atoms. The normalized spacial score (nSPS) is 12.8. The quantitative estimate of drug-likeness (QED) is 0.270. The zero-order valence-electron chi connectivity index (χ0n) is 21.7. The highest BCUT2D eigenvalue weighted by atomic mass is 16.6. The first-order valence-corrected chi connectivity index (χ1v) is 12.7. The molecule has 1 heterocycles. The van der Waals surface area contributed by atoms with Crippen LogP contribution in [0, 0.1) is 0 Å². The largest absolute Gasteiger partial charge is 0.480 e. The molecule has 0 aliphatic heterocycles. The van der Waals surface area contributed by atoms with Gasteiger partial charge in [0.25, 0.3) is 5.91 Å². The third-order valence-electron chi connectivity index (χ3n) is 6.70. The highest BCUT2D eigenvalue weighted by Gasteiger charge is 2.29. The summed E-state index contributed by atoms with van der Waals surface area (Å²) in [4.78, 5) is 38.8. The van der Waals surface area contributed by atoms with Crippen LogP contribution in [0.15, 0.2) is 89.5 Å². The molecule has 0 radical (unpaired) electrons. The van der Waals surface area contributed by atoms with Gasteiger partial charge in [0, 0.05) is 25.1 Å². The van der Waals surface area contributed by atoms with Gasteiger partial charge in [-0.3, -0.25) is 15.0 Å². The second-order valence-corrected chi connectivity index (χ2v) is 9.57. The molecule has 1 atom stereocenters. The van der Waals surface area contributed by atoms with E-state index in [1.165, 1.54) is 6.07 Å². The van der Waals surface area contributed by atoms with Crippen molar-refractivity contribution < 1.29 is 28.8 Å². The van der Waals surface area contributed by atoms with Crippen molar-refractivity contribution >= 4 is 23.9 Å².